The van der Waals surface area contributed by atoms with Crippen molar-refractivity contribution >= 4 is 23.3 Å². The number of aliphatic carboxylic acids is 1. The van der Waals surface area contributed by atoms with Crippen molar-refractivity contribution in [1.82, 2.24) is 5.32 Å². The first-order chi connectivity index (χ1) is 8.45. The molecule has 0 saturated heterocycles. The number of nitrogens with zero attached hydrogens (tertiary/aromatic N) is 1. The van der Waals surface area contributed by atoms with E-state index in [1.165, 1.54) is 12.1 Å². The molecule has 3 N–H and O–H groups in total. The molecule has 1 aromatic rings. The largest absolute Gasteiger partial charge is 0.480 e. The zero-order chi connectivity index (χ0) is 13.7. The van der Waals surface area contributed by atoms with E-state index in [1.54, 1.807) is 6.07 Å². The molecule has 18 heavy (non-hydrogen) atoms. The lowest BCUT2D eigenvalue weighted by molar-refractivity contribution is -0.384. The molecule has 0 aliphatic heterocycles. The minimum absolute atomic E-state index is 0.0145. The second-order valence-electron chi connectivity index (χ2n) is 3.50. The third kappa shape index (κ3) is 3.66. The van der Waals surface area contributed by atoms with Crippen LogP contribution in [0.4, 0.5) is 5.69 Å². The first-order valence-electron chi connectivity index (χ1n) is 4.95. The first-order valence-corrected chi connectivity index (χ1v) is 5.33. The van der Waals surface area contributed by atoms with E-state index in [1.807, 2.05) is 0 Å². The Hall–Kier alpha value is -1.70. The molecule has 0 saturated carbocycles. The van der Waals surface area contributed by atoms with E-state index in [-0.39, 0.29) is 17.3 Å². The lowest BCUT2D eigenvalue weighted by Crippen LogP contribution is -2.39. The SMILES string of the molecule is O=C(O)C(CO)NCc1ccc(Cl)c([N+](=O)[O-])c1. The Bertz CT molecular complexity index is 466. The predicted octanol–water partition coefficient (Wildman–Crippen LogP) is 0.783. The Morgan fingerprint density at radius 2 is 2.22 bits per heavy atom. The summed E-state index contributed by atoms with van der Waals surface area (Å²) in [5, 5.41) is 30.7. The highest BCUT2D eigenvalue weighted by molar-refractivity contribution is 6.32. The smallest absolute Gasteiger partial charge is 0.323 e. The van der Waals surface area contributed by atoms with Gasteiger partial charge in [0, 0.05) is 12.6 Å². The standard InChI is InChI=1S/C10H11ClN2O5/c11-7-2-1-6(3-9(7)13(17)18)4-12-8(5-14)10(15)16/h1-3,8,12,14H,4-5H2,(H,15,16). The molecule has 0 aromatic heterocycles. The summed E-state index contributed by atoms with van der Waals surface area (Å²) >= 11 is 5.64. The molecule has 0 amide bonds. The number of carboxylic acid groups (broad SMARTS) is 1. The van der Waals surface area contributed by atoms with Gasteiger partial charge in [0.25, 0.3) is 5.69 Å². The second kappa shape index (κ2) is 6.29. The van der Waals surface area contributed by atoms with Gasteiger partial charge in [0.05, 0.1) is 11.5 Å². The van der Waals surface area contributed by atoms with E-state index in [0.29, 0.717) is 5.56 Å². The van der Waals surface area contributed by atoms with Crippen molar-refractivity contribution < 1.29 is 19.9 Å². The average Bonchev–Trinajstić information content (AvgIpc) is 2.31. The molecule has 98 valence electrons. The summed E-state index contributed by atoms with van der Waals surface area (Å²) in [6.45, 7) is -0.486. The topological polar surface area (TPSA) is 113 Å². The van der Waals surface area contributed by atoms with E-state index < -0.39 is 23.5 Å². The van der Waals surface area contributed by atoms with Gasteiger partial charge < -0.3 is 10.2 Å². The van der Waals surface area contributed by atoms with Crippen molar-refractivity contribution in [3.63, 3.8) is 0 Å². The number of nitrogens with one attached hydrogen (secondary N) is 1. The molecule has 0 aliphatic rings. The quantitative estimate of drug-likeness (QED) is 0.522. The van der Waals surface area contributed by atoms with E-state index in [4.69, 9.17) is 21.8 Å². The normalized spacial score (nSPS) is 12.1. The van der Waals surface area contributed by atoms with Gasteiger partial charge in [-0.25, -0.2) is 0 Å². The fourth-order valence-electron chi connectivity index (χ4n) is 1.28. The molecule has 8 heteroatoms. The number of aliphatic hydroxyl groups excluding tert-OH is 1. The van der Waals surface area contributed by atoms with Gasteiger partial charge in [-0.3, -0.25) is 20.2 Å². The van der Waals surface area contributed by atoms with E-state index in [0.717, 1.165) is 0 Å². The summed E-state index contributed by atoms with van der Waals surface area (Å²) in [5.41, 5.74) is 0.262. The van der Waals surface area contributed by atoms with Crippen LogP contribution in [0.5, 0.6) is 0 Å². The number of rotatable bonds is 6. The number of aliphatic hydroxyl groups is 1. The van der Waals surface area contributed by atoms with Crippen LogP contribution >= 0.6 is 11.6 Å². The molecular formula is C10H11ClN2O5. The molecule has 0 fully saturated rings. The molecule has 0 spiro atoms. The number of nitro groups is 1. The number of nitro benzene ring substituents is 1. The lowest BCUT2D eigenvalue weighted by atomic mass is 10.2. The summed E-state index contributed by atoms with van der Waals surface area (Å²) in [4.78, 5) is 20.7. The Labute approximate surface area is 107 Å². The molecule has 1 aromatic carbocycles. The van der Waals surface area contributed by atoms with Gasteiger partial charge in [-0.2, -0.15) is 0 Å². The monoisotopic (exact) mass is 274 g/mol. The van der Waals surface area contributed by atoms with Crippen LogP contribution in [0, 0.1) is 10.1 Å². The highest BCUT2D eigenvalue weighted by Gasteiger charge is 2.17. The number of hydrogen-bond donors (Lipinski definition) is 3. The molecule has 0 bridgehead atoms. The molecular weight excluding hydrogens is 264 g/mol. The van der Waals surface area contributed by atoms with Crippen molar-refractivity contribution in [3.8, 4) is 0 Å². The minimum atomic E-state index is -1.19. The van der Waals surface area contributed by atoms with E-state index >= 15 is 0 Å². The third-order valence-corrected chi connectivity index (χ3v) is 2.56. The maximum Gasteiger partial charge on any atom is 0.323 e. The summed E-state index contributed by atoms with van der Waals surface area (Å²) in [5.74, 6) is -1.19. The van der Waals surface area contributed by atoms with Gasteiger partial charge in [0.2, 0.25) is 0 Å². The highest BCUT2D eigenvalue weighted by atomic mass is 35.5. The van der Waals surface area contributed by atoms with Crippen molar-refractivity contribution in [3.05, 3.63) is 38.9 Å². The second-order valence-corrected chi connectivity index (χ2v) is 3.90. The third-order valence-electron chi connectivity index (χ3n) is 2.24. The molecule has 0 aliphatic carbocycles. The van der Waals surface area contributed by atoms with Crippen LogP contribution in [-0.4, -0.2) is 33.8 Å². The van der Waals surface area contributed by atoms with Crippen LogP contribution in [0.15, 0.2) is 18.2 Å². The lowest BCUT2D eigenvalue weighted by Gasteiger charge is -2.11. The molecule has 1 unspecified atom stereocenters. The summed E-state index contributed by atoms with van der Waals surface area (Å²) < 4.78 is 0. The Kier molecular flexibility index (Phi) is 5.02. The summed E-state index contributed by atoms with van der Waals surface area (Å²) in [6, 6.07) is 3.05. The molecule has 0 heterocycles. The number of hydrogen-bond acceptors (Lipinski definition) is 5. The zero-order valence-electron chi connectivity index (χ0n) is 9.17. The van der Waals surface area contributed by atoms with E-state index in [2.05, 4.69) is 5.32 Å². The Balaban J connectivity index is 2.77. The van der Waals surface area contributed by atoms with Crippen LogP contribution in [0.2, 0.25) is 5.02 Å². The van der Waals surface area contributed by atoms with Crippen molar-refractivity contribution in [2.75, 3.05) is 6.61 Å². The predicted molar refractivity (Wildman–Crippen MR) is 63.5 cm³/mol. The molecule has 1 atom stereocenters. The molecule has 7 nitrogen and oxygen atoms in total. The van der Waals surface area contributed by atoms with Crippen LogP contribution < -0.4 is 5.32 Å². The van der Waals surface area contributed by atoms with Gasteiger partial charge in [-0.15, -0.1) is 0 Å². The Morgan fingerprint density at radius 3 is 2.72 bits per heavy atom. The van der Waals surface area contributed by atoms with Crippen LogP contribution in [0.25, 0.3) is 0 Å². The minimum Gasteiger partial charge on any atom is -0.480 e. The van der Waals surface area contributed by atoms with Gasteiger partial charge >= 0.3 is 5.97 Å². The number of benzene rings is 1. The number of carbonyl (C=O) groups is 1. The first kappa shape index (κ1) is 14.4. The molecule has 0 radical (unpaired) electrons. The van der Waals surface area contributed by atoms with Gasteiger partial charge in [0.1, 0.15) is 11.1 Å². The van der Waals surface area contributed by atoms with Gasteiger partial charge in [-0.05, 0) is 11.6 Å². The number of carboxylic acids is 1. The van der Waals surface area contributed by atoms with Crippen LogP contribution in [-0.2, 0) is 11.3 Å². The van der Waals surface area contributed by atoms with Crippen molar-refractivity contribution in [2.24, 2.45) is 0 Å². The maximum atomic E-state index is 10.6. The highest BCUT2D eigenvalue weighted by Crippen LogP contribution is 2.24. The van der Waals surface area contributed by atoms with Crippen molar-refractivity contribution in [2.45, 2.75) is 12.6 Å². The van der Waals surface area contributed by atoms with Gasteiger partial charge in [0.15, 0.2) is 0 Å². The van der Waals surface area contributed by atoms with Crippen molar-refractivity contribution in [1.29, 1.82) is 0 Å². The fourth-order valence-corrected chi connectivity index (χ4v) is 1.47. The van der Waals surface area contributed by atoms with Crippen LogP contribution in [0.1, 0.15) is 5.56 Å². The van der Waals surface area contributed by atoms with E-state index in [9.17, 15) is 14.9 Å². The maximum absolute atomic E-state index is 10.6. The van der Waals surface area contributed by atoms with Gasteiger partial charge in [-0.1, -0.05) is 17.7 Å². The summed E-state index contributed by atoms with van der Waals surface area (Å²) in [6.07, 6.45) is 0. The summed E-state index contributed by atoms with van der Waals surface area (Å²) in [7, 11) is 0. The van der Waals surface area contributed by atoms with Crippen LogP contribution in [0.3, 0.4) is 0 Å². The Morgan fingerprint density at radius 1 is 1.56 bits per heavy atom. The zero-order valence-corrected chi connectivity index (χ0v) is 9.92. The number of halogens is 1. The fraction of sp³-hybridized carbons (Fsp3) is 0.300. The molecule has 1 rings (SSSR count). The average molecular weight is 275 g/mol.